The number of aryl methyl sites for hydroxylation is 1. The topological polar surface area (TPSA) is 45.9 Å². The van der Waals surface area contributed by atoms with Gasteiger partial charge in [-0.2, -0.15) is 18.4 Å². The molecule has 7 heteroatoms. The molecular weight excluding hydrogens is 577 g/mol. The molecule has 2 aromatic rings. The summed E-state index contributed by atoms with van der Waals surface area (Å²) >= 11 is 1.26. The molecule has 0 fully saturated rings. The van der Waals surface area contributed by atoms with Crippen LogP contribution in [-0.2, 0) is 6.18 Å². The second-order valence-corrected chi connectivity index (χ2v) is 13.6. The number of halogens is 3. The van der Waals surface area contributed by atoms with Crippen LogP contribution in [0.25, 0.3) is 11.3 Å². The van der Waals surface area contributed by atoms with Crippen LogP contribution in [0.1, 0.15) is 147 Å². The van der Waals surface area contributed by atoms with Crippen molar-refractivity contribution in [3.63, 3.8) is 0 Å². The maximum atomic E-state index is 14.0. The molecular formula is C37H55F3N2OS. The number of hydrogen-bond acceptors (Lipinski definition) is 4. The Morgan fingerprint density at radius 1 is 0.841 bits per heavy atom. The van der Waals surface area contributed by atoms with Crippen molar-refractivity contribution >= 4 is 11.8 Å². The Morgan fingerprint density at radius 3 is 1.86 bits per heavy atom. The van der Waals surface area contributed by atoms with E-state index in [1.54, 1.807) is 18.2 Å². The summed E-state index contributed by atoms with van der Waals surface area (Å²) in [4.78, 5) is 4.55. The quantitative estimate of drug-likeness (QED) is 0.0903. The van der Waals surface area contributed by atoms with Crippen LogP contribution in [0, 0.1) is 24.2 Å². The Kier molecular flexibility index (Phi) is 18.6. The Morgan fingerprint density at radius 2 is 1.39 bits per heavy atom. The number of thioether (sulfide) groups is 1. The standard InChI is InChI=1S/C37H55F3N2OS/c1-5-6-7-8-9-10-11-12-13-14-15-16-17-18-19-20-25-44-36-32(28-41)33(37(38,39)40)27-34(42-36)31-21-22-35(30(4)26-31)43-24-23-29(2)3/h21-22,26-27,29H,5-20,23-25H2,1-4H3. The predicted octanol–water partition coefficient (Wildman–Crippen LogP) is 12.7. The highest BCUT2D eigenvalue weighted by Gasteiger charge is 2.36. The lowest BCUT2D eigenvalue weighted by molar-refractivity contribution is -0.138. The molecule has 0 unspecified atom stereocenters. The molecule has 0 aliphatic carbocycles. The molecule has 0 bridgehead atoms. The number of aromatic nitrogens is 1. The summed E-state index contributed by atoms with van der Waals surface area (Å²) < 4.78 is 47.9. The van der Waals surface area contributed by atoms with E-state index in [4.69, 9.17) is 4.74 Å². The minimum Gasteiger partial charge on any atom is -0.493 e. The summed E-state index contributed by atoms with van der Waals surface area (Å²) in [7, 11) is 0. The highest BCUT2D eigenvalue weighted by atomic mass is 32.2. The summed E-state index contributed by atoms with van der Waals surface area (Å²) in [5.74, 6) is 1.88. The zero-order valence-corrected chi connectivity index (χ0v) is 28.5. The third-order valence-corrected chi connectivity index (χ3v) is 9.13. The zero-order valence-electron chi connectivity index (χ0n) is 27.7. The number of nitriles is 1. The van der Waals surface area contributed by atoms with E-state index in [9.17, 15) is 18.4 Å². The van der Waals surface area contributed by atoms with Crippen LogP contribution in [0.15, 0.2) is 29.3 Å². The minimum absolute atomic E-state index is 0.160. The predicted molar refractivity (Wildman–Crippen MR) is 179 cm³/mol. The van der Waals surface area contributed by atoms with Crippen LogP contribution >= 0.6 is 11.8 Å². The van der Waals surface area contributed by atoms with E-state index in [0.717, 1.165) is 43.1 Å². The average molecular weight is 633 g/mol. The number of alkyl halides is 3. The zero-order chi connectivity index (χ0) is 32.2. The molecule has 0 amide bonds. The van der Waals surface area contributed by atoms with Crippen molar-refractivity contribution in [1.29, 1.82) is 5.26 Å². The van der Waals surface area contributed by atoms with Crippen LogP contribution in [0.2, 0.25) is 0 Å². The van der Waals surface area contributed by atoms with Crippen molar-refractivity contribution in [2.24, 2.45) is 5.92 Å². The molecule has 246 valence electrons. The van der Waals surface area contributed by atoms with Crippen LogP contribution in [-0.4, -0.2) is 17.3 Å². The van der Waals surface area contributed by atoms with Gasteiger partial charge >= 0.3 is 6.18 Å². The molecule has 1 heterocycles. The fourth-order valence-electron chi connectivity index (χ4n) is 5.30. The molecule has 0 spiro atoms. The first-order valence-electron chi connectivity index (χ1n) is 17.1. The molecule has 0 aliphatic heterocycles. The Hall–Kier alpha value is -2.20. The summed E-state index contributed by atoms with van der Waals surface area (Å²) in [6, 6.07) is 8.14. The Bertz CT molecular complexity index is 1130. The molecule has 1 aromatic heterocycles. The van der Waals surface area contributed by atoms with Crippen molar-refractivity contribution in [1.82, 2.24) is 4.98 Å². The normalized spacial score (nSPS) is 11.7. The van der Waals surface area contributed by atoms with Crippen molar-refractivity contribution < 1.29 is 17.9 Å². The van der Waals surface area contributed by atoms with E-state index in [2.05, 4.69) is 25.8 Å². The van der Waals surface area contributed by atoms with Gasteiger partial charge in [-0.1, -0.05) is 117 Å². The van der Waals surface area contributed by atoms with E-state index >= 15 is 0 Å². The van der Waals surface area contributed by atoms with Gasteiger partial charge in [-0.3, -0.25) is 0 Å². The molecule has 44 heavy (non-hydrogen) atoms. The van der Waals surface area contributed by atoms with Gasteiger partial charge in [0, 0.05) is 5.56 Å². The van der Waals surface area contributed by atoms with Gasteiger partial charge < -0.3 is 4.74 Å². The second-order valence-electron chi connectivity index (χ2n) is 12.5. The highest BCUT2D eigenvalue weighted by Crippen LogP contribution is 2.38. The lowest BCUT2D eigenvalue weighted by Crippen LogP contribution is -2.10. The first kappa shape index (κ1) is 38.0. The van der Waals surface area contributed by atoms with Gasteiger partial charge in [0.1, 0.15) is 16.8 Å². The number of hydrogen-bond donors (Lipinski definition) is 0. The molecule has 0 saturated carbocycles. The number of pyridine rings is 1. The monoisotopic (exact) mass is 632 g/mol. The van der Waals surface area contributed by atoms with Gasteiger partial charge in [0.25, 0.3) is 0 Å². The van der Waals surface area contributed by atoms with Crippen LogP contribution in [0.3, 0.4) is 0 Å². The molecule has 0 aliphatic rings. The summed E-state index contributed by atoms with van der Waals surface area (Å²) in [6.45, 7) is 8.99. The minimum atomic E-state index is -4.64. The molecule has 1 aromatic carbocycles. The SMILES string of the molecule is CCCCCCCCCCCCCCCCCCSc1nc(-c2ccc(OCCC(C)C)c(C)c2)cc(C(F)(F)F)c1C#N. The molecule has 2 rings (SSSR count). The first-order valence-corrected chi connectivity index (χ1v) is 18.0. The van der Waals surface area contributed by atoms with Gasteiger partial charge in [-0.05, 0) is 61.3 Å². The van der Waals surface area contributed by atoms with Gasteiger partial charge in [0.2, 0.25) is 0 Å². The molecule has 0 N–H and O–H groups in total. The summed E-state index contributed by atoms with van der Waals surface area (Å²) in [6.07, 6.45) is 16.7. The van der Waals surface area contributed by atoms with Crippen molar-refractivity contribution in [2.45, 2.75) is 148 Å². The summed E-state index contributed by atoms with van der Waals surface area (Å²) in [5, 5.41) is 9.81. The van der Waals surface area contributed by atoms with E-state index in [0.29, 0.717) is 23.8 Å². The summed E-state index contributed by atoms with van der Waals surface area (Å²) in [5.41, 5.74) is 0.344. The molecule has 0 saturated heterocycles. The fourth-order valence-corrected chi connectivity index (χ4v) is 6.30. The van der Waals surface area contributed by atoms with E-state index < -0.39 is 11.7 Å². The van der Waals surface area contributed by atoms with Gasteiger partial charge in [0.15, 0.2) is 0 Å². The van der Waals surface area contributed by atoms with Crippen molar-refractivity contribution in [3.8, 4) is 23.1 Å². The van der Waals surface area contributed by atoms with Gasteiger partial charge in [-0.15, -0.1) is 11.8 Å². The maximum Gasteiger partial charge on any atom is 0.417 e. The smallest absolute Gasteiger partial charge is 0.417 e. The van der Waals surface area contributed by atoms with E-state index in [-0.39, 0.29) is 16.3 Å². The van der Waals surface area contributed by atoms with Crippen LogP contribution in [0.4, 0.5) is 13.2 Å². The van der Waals surface area contributed by atoms with Gasteiger partial charge in [-0.25, -0.2) is 4.98 Å². The first-order chi connectivity index (χ1) is 21.2. The third kappa shape index (κ3) is 14.7. The number of rotatable bonds is 23. The number of ether oxygens (including phenoxy) is 1. The highest BCUT2D eigenvalue weighted by molar-refractivity contribution is 7.99. The fraction of sp³-hybridized carbons (Fsp3) is 0.676. The molecule has 0 radical (unpaired) electrons. The van der Waals surface area contributed by atoms with Crippen LogP contribution in [0.5, 0.6) is 5.75 Å². The lowest BCUT2D eigenvalue weighted by atomic mass is 10.0. The number of benzene rings is 1. The molecule has 0 atom stereocenters. The Balaban J connectivity index is 1.81. The van der Waals surface area contributed by atoms with E-state index in [1.807, 2.05) is 13.0 Å². The number of nitrogens with zero attached hydrogens (tertiary/aromatic N) is 2. The largest absolute Gasteiger partial charge is 0.493 e. The van der Waals surface area contributed by atoms with E-state index in [1.165, 1.54) is 95.2 Å². The van der Waals surface area contributed by atoms with Gasteiger partial charge in [0.05, 0.1) is 23.4 Å². The average Bonchev–Trinajstić information content (AvgIpc) is 2.98. The Labute approximate surface area is 269 Å². The second kappa shape index (κ2) is 21.5. The lowest BCUT2D eigenvalue weighted by Gasteiger charge is -2.15. The maximum absolute atomic E-state index is 14.0. The van der Waals surface area contributed by atoms with Crippen molar-refractivity contribution in [2.75, 3.05) is 12.4 Å². The third-order valence-electron chi connectivity index (χ3n) is 8.06. The number of unbranched alkanes of at least 4 members (excludes halogenated alkanes) is 15. The molecule has 3 nitrogen and oxygen atoms in total. The van der Waals surface area contributed by atoms with Crippen LogP contribution < -0.4 is 4.74 Å². The van der Waals surface area contributed by atoms with Crippen molar-refractivity contribution in [3.05, 3.63) is 41.0 Å².